The number of benzene rings is 1. The number of hydrogen-bond acceptors (Lipinski definition) is 5. The number of carbonyl (C=O) groups excluding carboxylic acids is 2. The van der Waals surface area contributed by atoms with Crippen LogP contribution in [0.15, 0.2) is 24.3 Å². The van der Waals surface area contributed by atoms with E-state index in [-0.39, 0.29) is 30.8 Å². The summed E-state index contributed by atoms with van der Waals surface area (Å²) in [5.41, 5.74) is -0.880. The van der Waals surface area contributed by atoms with Gasteiger partial charge in [-0.1, -0.05) is 24.1 Å². The second-order valence-electron chi connectivity index (χ2n) is 8.34. The molecule has 1 aliphatic carbocycles. The molecule has 0 unspecified atom stereocenters. The Morgan fingerprint density at radius 1 is 1.13 bits per heavy atom. The molecule has 2 saturated heterocycles. The van der Waals surface area contributed by atoms with Gasteiger partial charge in [-0.2, -0.15) is 0 Å². The van der Waals surface area contributed by atoms with Crippen molar-refractivity contribution in [3.8, 4) is 5.75 Å². The van der Waals surface area contributed by atoms with Crippen molar-refractivity contribution in [2.45, 2.75) is 31.3 Å². The summed E-state index contributed by atoms with van der Waals surface area (Å²) in [4.78, 5) is 29.6. The number of halogens is 1. The molecule has 2 heterocycles. The monoisotopic (exact) mass is 436 g/mol. The van der Waals surface area contributed by atoms with Crippen molar-refractivity contribution in [3.63, 3.8) is 0 Å². The van der Waals surface area contributed by atoms with Crippen LogP contribution in [0.25, 0.3) is 0 Å². The first-order valence-electron chi connectivity index (χ1n) is 10.7. The van der Waals surface area contributed by atoms with Crippen LogP contribution in [0, 0.1) is 5.92 Å². The minimum Gasteiger partial charge on any atom is -0.490 e. The van der Waals surface area contributed by atoms with Gasteiger partial charge < -0.3 is 24.0 Å². The van der Waals surface area contributed by atoms with Gasteiger partial charge in [-0.05, 0) is 31.0 Å². The van der Waals surface area contributed by atoms with Crippen molar-refractivity contribution >= 4 is 23.4 Å². The lowest BCUT2D eigenvalue weighted by Crippen LogP contribution is -2.59. The summed E-state index contributed by atoms with van der Waals surface area (Å²) >= 11 is 6.07. The van der Waals surface area contributed by atoms with Crippen LogP contribution in [0.4, 0.5) is 0 Å². The molecule has 4 rings (SSSR count). The van der Waals surface area contributed by atoms with E-state index in [9.17, 15) is 9.59 Å². The normalized spacial score (nSPS) is 25.0. The van der Waals surface area contributed by atoms with Gasteiger partial charge in [0.05, 0.1) is 32.8 Å². The summed E-state index contributed by atoms with van der Waals surface area (Å²) in [5, 5.41) is 0.581. The zero-order valence-electron chi connectivity index (χ0n) is 17.2. The van der Waals surface area contributed by atoms with Crippen LogP contribution >= 0.6 is 11.6 Å². The predicted molar refractivity (Wildman–Crippen MR) is 112 cm³/mol. The Kier molecular flexibility index (Phi) is 6.80. The van der Waals surface area contributed by atoms with E-state index in [1.54, 1.807) is 17.0 Å². The Morgan fingerprint density at radius 3 is 2.60 bits per heavy atom. The topological polar surface area (TPSA) is 68.3 Å². The largest absolute Gasteiger partial charge is 0.490 e. The zero-order valence-corrected chi connectivity index (χ0v) is 17.9. The van der Waals surface area contributed by atoms with E-state index in [1.807, 2.05) is 17.0 Å². The van der Waals surface area contributed by atoms with Crippen LogP contribution in [0.2, 0.25) is 5.02 Å². The summed E-state index contributed by atoms with van der Waals surface area (Å²) < 4.78 is 17.5. The van der Waals surface area contributed by atoms with E-state index in [1.165, 1.54) is 0 Å². The molecule has 0 radical (unpaired) electrons. The van der Waals surface area contributed by atoms with E-state index in [0.717, 1.165) is 19.3 Å². The van der Waals surface area contributed by atoms with Gasteiger partial charge in [0.15, 0.2) is 0 Å². The van der Waals surface area contributed by atoms with Crippen molar-refractivity contribution in [3.05, 3.63) is 29.3 Å². The van der Waals surface area contributed by atoms with Gasteiger partial charge in [-0.15, -0.1) is 0 Å². The average Bonchev–Trinajstić information content (AvgIpc) is 2.72. The Morgan fingerprint density at radius 2 is 1.90 bits per heavy atom. The van der Waals surface area contributed by atoms with E-state index in [4.69, 9.17) is 25.8 Å². The van der Waals surface area contributed by atoms with Crippen molar-refractivity contribution in [1.29, 1.82) is 0 Å². The van der Waals surface area contributed by atoms with Gasteiger partial charge in [0.2, 0.25) is 11.8 Å². The van der Waals surface area contributed by atoms with E-state index in [2.05, 4.69) is 0 Å². The van der Waals surface area contributed by atoms with Gasteiger partial charge in [0, 0.05) is 30.6 Å². The summed E-state index contributed by atoms with van der Waals surface area (Å²) in [6, 6.07) is 7.16. The first-order chi connectivity index (χ1) is 14.5. The number of amides is 2. The third-order valence-electron chi connectivity index (χ3n) is 6.15. The predicted octanol–water partition coefficient (Wildman–Crippen LogP) is 2.37. The molecule has 3 fully saturated rings. The van der Waals surface area contributed by atoms with E-state index in [0.29, 0.717) is 56.8 Å². The maximum absolute atomic E-state index is 13.0. The summed E-state index contributed by atoms with van der Waals surface area (Å²) in [6.07, 6.45) is 3.19. The van der Waals surface area contributed by atoms with Crippen molar-refractivity contribution in [2.24, 2.45) is 5.92 Å². The molecular weight excluding hydrogens is 408 g/mol. The highest BCUT2D eigenvalue weighted by molar-refractivity contribution is 6.30. The third-order valence-corrected chi connectivity index (χ3v) is 6.38. The molecule has 0 N–H and O–H groups in total. The lowest BCUT2D eigenvalue weighted by molar-refractivity contribution is -0.170. The molecule has 0 spiro atoms. The van der Waals surface area contributed by atoms with Crippen molar-refractivity contribution < 1.29 is 23.8 Å². The SMILES string of the molecule is O=C(C[C@@]1(COc2cccc(Cl)c2)CN(C(=O)C2CCC2)CCO1)N1CCOCC1. The van der Waals surface area contributed by atoms with E-state index >= 15 is 0 Å². The minimum atomic E-state index is -0.880. The molecule has 30 heavy (non-hydrogen) atoms. The third kappa shape index (κ3) is 5.07. The quantitative estimate of drug-likeness (QED) is 0.684. The van der Waals surface area contributed by atoms with Crippen LogP contribution in [-0.4, -0.2) is 79.8 Å². The zero-order chi connectivity index (χ0) is 21.0. The average molecular weight is 437 g/mol. The molecule has 3 aliphatic rings. The van der Waals surface area contributed by atoms with Gasteiger partial charge in [0.25, 0.3) is 0 Å². The smallest absolute Gasteiger partial charge is 0.225 e. The number of morpholine rings is 2. The van der Waals surface area contributed by atoms with Gasteiger partial charge in [-0.25, -0.2) is 0 Å². The number of hydrogen-bond donors (Lipinski definition) is 0. The highest BCUT2D eigenvalue weighted by Crippen LogP contribution is 2.32. The van der Waals surface area contributed by atoms with Crippen LogP contribution in [0.1, 0.15) is 25.7 Å². The maximum atomic E-state index is 13.0. The summed E-state index contributed by atoms with van der Waals surface area (Å²) in [5.74, 6) is 0.915. The second-order valence-corrected chi connectivity index (χ2v) is 8.77. The molecule has 164 valence electrons. The lowest BCUT2D eigenvalue weighted by atomic mass is 9.83. The number of nitrogens with zero attached hydrogens (tertiary/aromatic N) is 2. The van der Waals surface area contributed by atoms with Crippen LogP contribution in [0.5, 0.6) is 5.75 Å². The fourth-order valence-corrected chi connectivity index (χ4v) is 4.34. The summed E-state index contributed by atoms with van der Waals surface area (Å²) in [7, 11) is 0. The molecule has 8 heteroatoms. The standard InChI is InChI=1S/C22H29ClN2O5/c23-18-5-2-6-19(13-18)29-16-22(14-20(26)24-7-10-28-11-8-24)15-25(9-12-30-22)21(27)17-3-1-4-17/h2,5-6,13,17H,1,3-4,7-12,14-16H2/t22-/m0/s1. The molecule has 1 aromatic carbocycles. The fraction of sp³-hybridized carbons (Fsp3) is 0.636. The van der Waals surface area contributed by atoms with Gasteiger partial charge in [0.1, 0.15) is 18.0 Å². The molecule has 2 aliphatic heterocycles. The number of carbonyl (C=O) groups is 2. The van der Waals surface area contributed by atoms with Gasteiger partial charge in [-0.3, -0.25) is 9.59 Å². The molecule has 1 aromatic rings. The van der Waals surface area contributed by atoms with Crippen LogP contribution < -0.4 is 4.74 Å². The Bertz CT molecular complexity index is 766. The fourth-order valence-electron chi connectivity index (χ4n) is 4.16. The summed E-state index contributed by atoms with van der Waals surface area (Å²) in [6.45, 7) is 3.74. The van der Waals surface area contributed by atoms with E-state index < -0.39 is 5.60 Å². The molecule has 0 bridgehead atoms. The van der Waals surface area contributed by atoms with Crippen LogP contribution in [-0.2, 0) is 19.1 Å². The van der Waals surface area contributed by atoms with Crippen molar-refractivity contribution in [2.75, 3.05) is 52.6 Å². The molecular formula is C22H29ClN2O5. The lowest BCUT2D eigenvalue weighted by Gasteiger charge is -2.44. The minimum absolute atomic E-state index is 0.00550. The Balaban J connectivity index is 1.48. The molecule has 0 aromatic heterocycles. The number of rotatable bonds is 6. The van der Waals surface area contributed by atoms with Gasteiger partial charge >= 0.3 is 0 Å². The van der Waals surface area contributed by atoms with Crippen LogP contribution in [0.3, 0.4) is 0 Å². The molecule has 1 saturated carbocycles. The molecule has 2 amide bonds. The van der Waals surface area contributed by atoms with Crippen molar-refractivity contribution in [1.82, 2.24) is 9.80 Å². The first kappa shape index (κ1) is 21.4. The highest BCUT2D eigenvalue weighted by atomic mass is 35.5. The Hall–Kier alpha value is -1.83. The first-order valence-corrected chi connectivity index (χ1v) is 11.1. The molecule has 1 atom stereocenters. The molecule has 7 nitrogen and oxygen atoms in total. The highest BCUT2D eigenvalue weighted by Gasteiger charge is 2.44. The number of ether oxygens (including phenoxy) is 3. The Labute approximate surface area is 182 Å². The maximum Gasteiger partial charge on any atom is 0.225 e. The second kappa shape index (κ2) is 9.54.